The fraction of sp³-hybridized carbons (Fsp3) is 0.211. The van der Waals surface area contributed by atoms with E-state index < -0.39 is 17.6 Å². The number of halogens is 1. The quantitative estimate of drug-likeness (QED) is 0.488. The second kappa shape index (κ2) is 9.91. The Labute approximate surface area is 155 Å². The van der Waals surface area contributed by atoms with Crippen molar-refractivity contribution < 1.29 is 23.8 Å². The van der Waals surface area contributed by atoms with Crippen LogP contribution in [0, 0.1) is 5.82 Å². The average molecular weight is 373 g/mol. The number of hydrogen-bond acceptors (Lipinski definition) is 5. The van der Waals surface area contributed by atoms with Crippen molar-refractivity contribution in [2.45, 2.75) is 13.3 Å². The van der Waals surface area contributed by atoms with Crippen LogP contribution in [-0.2, 0) is 4.79 Å². The Bertz CT molecular complexity index is 839. The van der Waals surface area contributed by atoms with Crippen LogP contribution in [0.3, 0.4) is 0 Å². The number of phenols is 1. The molecule has 2 amide bonds. The van der Waals surface area contributed by atoms with Gasteiger partial charge in [0.1, 0.15) is 5.82 Å². The molecule has 0 saturated carbocycles. The van der Waals surface area contributed by atoms with E-state index in [4.69, 9.17) is 4.74 Å². The lowest BCUT2D eigenvalue weighted by Gasteiger charge is -2.06. The van der Waals surface area contributed by atoms with Gasteiger partial charge in [0, 0.05) is 13.0 Å². The summed E-state index contributed by atoms with van der Waals surface area (Å²) >= 11 is 0. The molecule has 0 aromatic heterocycles. The molecule has 142 valence electrons. The number of nitrogens with zero attached hydrogens (tertiary/aromatic N) is 1. The Balaban J connectivity index is 1.78. The zero-order valence-corrected chi connectivity index (χ0v) is 14.7. The van der Waals surface area contributed by atoms with Crippen LogP contribution in [0.25, 0.3) is 0 Å². The fourth-order valence-corrected chi connectivity index (χ4v) is 2.15. The first-order valence-electron chi connectivity index (χ1n) is 8.31. The molecule has 0 heterocycles. The maximum atomic E-state index is 13.5. The molecular weight excluding hydrogens is 353 g/mol. The van der Waals surface area contributed by atoms with E-state index in [9.17, 15) is 19.1 Å². The minimum absolute atomic E-state index is 0.0166. The summed E-state index contributed by atoms with van der Waals surface area (Å²) < 4.78 is 18.7. The number of aromatic hydroxyl groups is 1. The van der Waals surface area contributed by atoms with Gasteiger partial charge in [0.15, 0.2) is 11.5 Å². The number of benzene rings is 2. The summed E-state index contributed by atoms with van der Waals surface area (Å²) in [4.78, 5) is 23.5. The first-order valence-corrected chi connectivity index (χ1v) is 8.31. The summed E-state index contributed by atoms with van der Waals surface area (Å²) in [6, 6.07) is 10.3. The molecule has 2 rings (SSSR count). The molecule has 3 N–H and O–H groups in total. The first kappa shape index (κ1) is 19.9. The van der Waals surface area contributed by atoms with Crippen LogP contribution in [0.15, 0.2) is 47.6 Å². The maximum absolute atomic E-state index is 13.5. The van der Waals surface area contributed by atoms with Crippen LogP contribution in [0.2, 0.25) is 0 Å². The summed E-state index contributed by atoms with van der Waals surface area (Å²) in [5.74, 6) is -1.28. The molecule has 27 heavy (non-hydrogen) atoms. The highest BCUT2D eigenvalue weighted by Gasteiger charge is 2.10. The Morgan fingerprint density at radius 1 is 1.26 bits per heavy atom. The van der Waals surface area contributed by atoms with E-state index in [1.165, 1.54) is 30.5 Å². The smallest absolute Gasteiger partial charge is 0.254 e. The third-order valence-electron chi connectivity index (χ3n) is 3.44. The van der Waals surface area contributed by atoms with Crippen LogP contribution in [0.4, 0.5) is 4.39 Å². The van der Waals surface area contributed by atoms with Crippen LogP contribution in [0.5, 0.6) is 11.5 Å². The van der Waals surface area contributed by atoms with Gasteiger partial charge >= 0.3 is 0 Å². The molecule has 2 aromatic carbocycles. The van der Waals surface area contributed by atoms with Crippen LogP contribution >= 0.6 is 0 Å². The van der Waals surface area contributed by atoms with Gasteiger partial charge in [-0.3, -0.25) is 9.59 Å². The number of phenolic OH excluding ortho intramolecular Hbond substituents is 1. The molecule has 0 bridgehead atoms. The number of hydrazone groups is 1. The van der Waals surface area contributed by atoms with Gasteiger partial charge in [-0.2, -0.15) is 5.10 Å². The van der Waals surface area contributed by atoms with Gasteiger partial charge in [0.2, 0.25) is 5.91 Å². The number of rotatable bonds is 8. The molecule has 0 aliphatic heterocycles. The Kier molecular flexibility index (Phi) is 7.30. The predicted molar refractivity (Wildman–Crippen MR) is 98.4 cm³/mol. The van der Waals surface area contributed by atoms with Crippen LogP contribution < -0.4 is 15.5 Å². The lowest BCUT2D eigenvalue weighted by molar-refractivity contribution is -0.120. The lowest BCUT2D eigenvalue weighted by Crippen LogP contribution is -2.29. The van der Waals surface area contributed by atoms with E-state index >= 15 is 0 Å². The van der Waals surface area contributed by atoms with Gasteiger partial charge in [-0.25, -0.2) is 9.82 Å². The van der Waals surface area contributed by atoms with Gasteiger partial charge in [-0.15, -0.1) is 0 Å². The van der Waals surface area contributed by atoms with Gasteiger partial charge < -0.3 is 15.2 Å². The number of nitrogens with one attached hydrogen (secondary N) is 2. The van der Waals surface area contributed by atoms with Crippen molar-refractivity contribution in [3.05, 3.63) is 59.4 Å². The summed E-state index contributed by atoms with van der Waals surface area (Å²) in [6.45, 7) is 2.25. The molecule has 0 unspecified atom stereocenters. The number of carbonyl (C=O) groups excluding carboxylic acids is 2. The van der Waals surface area contributed by atoms with Crippen molar-refractivity contribution in [1.82, 2.24) is 10.7 Å². The average Bonchev–Trinajstić information content (AvgIpc) is 2.65. The van der Waals surface area contributed by atoms with Gasteiger partial charge in [0.25, 0.3) is 5.91 Å². The number of amides is 2. The van der Waals surface area contributed by atoms with Crippen molar-refractivity contribution in [3.63, 3.8) is 0 Å². The largest absolute Gasteiger partial charge is 0.504 e. The number of ether oxygens (including phenoxy) is 1. The van der Waals surface area contributed by atoms with Crippen molar-refractivity contribution in [2.75, 3.05) is 13.2 Å². The molecule has 8 heteroatoms. The van der Waals surface area contributed by atoms with Crippen molar-refractivity contribution in [1.29, 1.82) is 0 Å². The molecule has 2 aromatic rings. The van der Waals surface area contributed by atoms with E-state index in [1.54, 1.807) is 25.1 Å². The molecule has 0 aliphatic carbocycles. The second-order valence-corrected chi connectivity index (χ2v) is 5.44. The van der Waals surface area contributed by atoms with Gasteiger partial charge in [0.05, 0.1) is 18.4 Å². The maximum Gasteiger partial charge on any atom is 0.254 e. The Morgan fingerprint density at radius 3 is 2.78 bits per heavy atom. The van der Waals surface area contributed by atoms with Crippen LogP contribution in [0.1, 0.15) is 29.3 Å². The van der Waals surface area contributed by atoms with E-state index in [1.807, 2.05) is 0 Å². The van der Waals surface area contributed by atoms with E-state index in [-0.39, 0.29) is 24.3 Å². The van der Waals surface area contributed by atoms with Crippen molar-refractivity contribution >= 4 is 18.0 Å². The fourth-order valence-electron chi connectivity index (χ4n) is 2.15. The highest BCUT2D eigenvalue weighted by atomic mass is 19.1. The van der Waals surface area contributed by atoms with Gasteiger partial charge in [-0.05, 0) is 42.8 Å². The Hall–Kier alpha value is -3.42. The summed E-state index contributed by atoms with van der Waals surface area (Å²) in [5, 5.41) is 15.9. The summed E-state index contributed by atoms with van der Waals surface area (Å²) in [6.07, 6.45) is 1.38. The molecule has 0 radical (unpaired) electrons. The first-order chi connectivity index (χ1) is 13.0. The molecule has 0 spiro atoms. The molecule has 0 aliphatic rings. The molecule has 0 fully saturated rings. The zero-order valence-electron chi connectivity index (χ0n) is 14.7. The minimum atomic E-state index is -0.621. The SMILES string of the molecule is CCOc1cc(/C=N/NC(=O)CCNC(=O)c2ccccc2F)ccc1O. The Morgan fingerprint density at radius 2 is 2.04 bits per heavy atom. The van der Waals surface area contributed by atoms with Crippen molar-refractivity contribution in [3.8, 4) is 11.5 Å². The highest BCUT2D eigenvalue weighted by Crippen LogP contribution is 2.26. The second-order valence-electron chi connectivity index (χ2n) is 5.44. The lowest BCUT2D eigenvalue weighted by atomic mass is 10.2. The monoisotopic (exact) mass is 373 g/mol. The highest BCUT2D eigenvalue weighted by molar-refractivity contribution is 5.94. The topological polar surface area (TPSA) is 100 Å². The standard InChI is InChI=1S/C19H20FN3O4/c1-2-27-17-11-13(7-8-16(17)24)12-22-23-18(25)9-10-21-19(26)14-5-3-4-6-15(14)20/h3-8,11-12,24H,2,9-10H2,1H3,(H,21,26)(H,23,25)/b22-12+. The van der Waals surface area contributed by atoms with Crippen LogP contribution in [-0.4, -0.2) is 36.3 Å². The minimum Gasteiger partial charge on any atom is -0.504 e. The summed E-state index contributed by atoms with van der Waals surface area (Å²) in [7, 11) is 0. The van der Waals surface area contributed by atoms with Gasteiger partial charge in [-0.1, -0.05) is 12.1 Å². The zero-order chi connectivity index (χ0) is 19.6. The third kappa shape index (κ3) is 6.10. The van der Waals surface area contributed by atoms with E-state index in [2.05, 4.69) is 15.8 Å². The number of hydrogen-bond donors (Lipinski definition) is 3. The third-order valence-corrected chi connectivity index (χ3v) is 3.44. The molecular formula is C19H20FN3O4. The number of carbonyl (C=O) groups is 2. The van der Waals surface area contributed by atoms with E-state index in [0.717, 1.165) is 0 Å². The predicted octanol–water partition coefficient (Wildman–Crippen LogP) is 2.20. The molecule has 0 saturated heterocycles. The van der Waals surface area contributed by atoms with E-state index in [0.29, 0.717) is 17.9 Å². The normalized spacial score (nSPS) is 10.6. The molecule has 0 atom stereocenters. The van der Waals surface area contributed by atoms with Crippen molar-refractivity contribution in [2.24, 2.45) is 5.10 Å². The summed E-state index contributed by atoms with van der Waals surface area (Å²) in [5.41, 5.74) is 2.88. The molecule has 7 nitrogen and oxygen atoms in total.